The van der Waals surface area contributed by atoms with Gasteiger partial charge in [0.2, 0.25) is 0 Å². The van der Waals surface area contributed by atoms with E-state index in [0.717, 1.165) is 16.7 Å². The number of nitrogens with one attached hydrogen (secondary N) is 1. The van der Waals surface area contributed by atoms with Gasteiger partial charge in [0, 0.05) is 18.1 Å². The van der Waals surface area contributed by atoms with Crippen molar-refractivity contribution in [2.24, 2.45) is 0 Å². The number of hydrogen-bond acceptors (Lipinski definition) is 4. The lowest BCUT2D eigenvalue weighted by molar-refractivity contribution is 0.185. The van der Waals surface area contributed by atoms with Crippen molar-refractivity contribution in [2.75, 3.05) is 13.7 Å². The second-order valence-corrected chi connectivity index (χ2v) is 6.43. The van der Waals surface area contributed by atoms with Crippen LogP contribution in [0.2, 0.25) is 0 Å². The highest BCUT2D eigenvalue weighted by Gasteiger charge is 2.16. The minimum atomic E-state index is -0.395. The van der Waals surface area contributed by atoms with Gasteiger partial charge in [-0.1, -0.05) is 23.8 Å². The van der Waals surface area contributed by atoms with E-state index in [1.807, 2.05) is 31.4 Å². The van der Waals surface area contributed by atoms with Crippen molar-refractivity contribution in [2.45, 2.75) is 20.4 Å². The number of rotatable bonds is 4. The quantitative estimate of drug-likeness (QED) is 0.800. The van der Waals surface area contributed by atoms with Crippen LogP contribution in [0.1, 0.15) is 11.1 Å². The number of hydrogen-bond donors (Lipinski definition) is 1. The molecule has 0 aliphatic carbocycles. The Morgan fingerprint density at radius 3 is 2.70 bits per heavy atom. The molecule has 1 aromatic carbocycles. The van der Waals surface area contributed by atoms with Crippen molar-refractivity contribution in [3.05, 3.63) is 55.5 Å². The van der Waals surface area contributed by atoms with E-state index < -0.39 is 5.69 Å². The number of aromatic amines is 1. The Kier molecular flexibility index (Phi) is 4.19. The highest BCUT2D eigenvalue weighted by atomic mass is 32.1. The molecule has 1 N–H and O–H groups in total. The van der Waals surface area contributed by atoms with E-state index in [-0.39, 0.29) is 12.1 Å². The SMILES string of the molecule is COCCn1c(=O)[nH]c2scc(-c3ccc(C)cc3C)c2c1=O. The summed E-state index contributed by atoms with van der Waals surface area (Å²) in [5, 5.41) is 2.50. The van der Waals surface area contributed by atoms with Gasteiger partial charge in [0.25, 0.3) is 5.56 Å². The number of methoxy groups -OCH3 is 1. The number of fused-ring (bicyclic) bond motifs is 1. The van der Waals surface area contributed by atoms with Gasteiger partial charge >= 0.3 is 5.69 Å². The lowest BCUT2D eigenvalue weighted by Crippen LogP contribution is -2.35. The van der Waals surface area contributed by atoms with Gasteiger partial charge in [-0.3, -0.25) is 14.3 Å². The molecule has 23 heavy (non-hydrogen) atoms. The zero-order valence-electron chi connectivity index (χ0n) is 13.3. The molecule has 3 aromatic rings. The summed E-state index contributed by atoms with van der Waals surface area (Å²) in [4.78, 5) is 28.3. The van der Waals surface area contributed by atoms with Crippen LogP contribution in [0.4, 0.5) is 0 Å². The molecule has 0 aliphatic heterocycles. The second-order valence-electron chi connectivity index (χ2n) is 5.55. The highest BCUT2D eigenvalue weighted by molar-refractivity contribution is 7.17. The number of aryl methyl sites for hydroxylation is 2. The number of H-pyrrole nitrogens is 1. The van der Waals surface area contributed by atoms with E-state index in [1.165, 1.54) is 21.5 Å². The summed E-state index contributed by atoms with van der Waals surface area (Å²) in [6.45, 7) is 4.62. The van der Waals surface area contributed by atoms with E-state index in [9.17, 15) is 9.59 Å². The smallest absolute Gasteiger partial charge is 0.329 e. The largest absolute Gasteiger partial charge is 0.383 e. The van der Waals surface area contributed by atoms with Crippen LogP contribution in [-0.4, -0.2) is 23.3 Å². The summed E-state index contributed by atoms with van der Waals surface area (Å²) in [7, 11) is 1.55. The van der Waals surface area contributed by atoms with Crippen LogP contribution in [0.5, 0.6) is 0 Å². The predicted octanol–water partition coefficient (Wildman–Crippen LogP) is 2.68. The van der Waals surface area contributed by atoms with Crippen molar-refractivity contribution < 1.29 is 4.74 Å². The van der Waals surface area contributed by atoms with Gasteiger partial charge in [0.1, 0.15) is 4.83 Å². The molecule has 0 radical (unpaired) electrons. The molecule has 0 spiro atoms. The molecule has 0 atom stereocenters. The van der Waals surface area contributed by atoms with Crippen LogP contribution in [0.25, 0.3) is 21.3 Å². The van der Waals surface area contributed by atoms with Crippen LogP contribution in [0.3, 0.4) is 0 Å². The molecule has 0 amide bonds. The molecular weight excluding hydrogens is 312 g/mol. The van der Waals surface area contributed by atoms with Gasteiger partial charge in [0.15, 0.2) is 0 Å². The first-order chi connectivity index (χ1) is 11.0. The molecule has 0 bridgehead atoms. The monoisotopic (exact) mass is 330 g/mol. The standard InChI is InChI=1S/C17H18N2O3S/c1-10-4-5-12(11(2)8-10)13-9-23-15-14(13)16(20)19(6-7-22-3)17(21)18-15/h4-5,8-9H,6-7H2,1-3H3,(H,18,21). The summed E-state index contributed by atoms with van der Waals surface area (Å²) in [6.07, 6.45) is 0. The van der Waals surface area contributed by atoms with E-state index in [4.69, 9.17) is 4.74 Å². The van der Waals surface area contributed by atoms with E-state index in [0.29, 0.717) is 16.8 Å². The second kappa shape index (κ2) is 6.14. The number of aromatic nitrogens is 2. The maximum atomic E-state index is 12.8. The normalized spacial score (nSPS) is 11.3. The number of ether oxygens (including phenoxy) is 1. The first kappa shape index (κ1) is 15.7. The van der Waals surface area contributed by atoms with Gasteiger partial charge < -0.3 is 4.74 Å². The van der Waals surface area contributed by atoms with Gasteiger partial charge in [-0.25, -0.2) is 4.79 Å². The lowest BCUT2D eigenvalue weighted by atomic mass is 9.99. The fourth-order valence-electron chi connectivity index (χ4n) is 2.75. The Labute approximate surface area is 137 Å². The Balaban J connectivity index is 2.27. The molecule has 3 rings (SSSR count). The summed E-state index contributed by atoms with van der Waals surface area (Å²) >= 11 is 1.38. The van der Waals surface area contributed by atoms with Crippen LogP contribution < -0.4 is 11.2 Å². The molecule has 120 valence electrons. The number of benzene rings is 1. The average molecular weight is 330 g/mol. The Bertz CT molecular complexity index is 982. The van der Waals surface area contributed by atoms with Gasteiger partial charge in [0.05, 0.1) is 18.5 Å². The Morgan fingerprint density at radius 1 is 1.22 bits per heavy atom. The Hall–Kier alpha value is -2.18. The summed E-state index contributed by atoms with van der Waals surface area (Å²) in [5.74, 6) is 0. The van der Waals surface area contributed by atoms with Crippen molar-refractivity contribution in [3.63, 3.8) is 0 Å². The number of thiophene rings is 1. The summed E-state index contributed by atoms with van der Waals surface area (Å²) in [6, 6.07) is 6.14. The molecule has 0 saturated carbocycles. The first-order valence-electron chi connectivity index (χ1n) is 7.34. The van der Waals surface area contributed by atoms with Crippen LogP contribution in [0.15, 0.2) is 33.2 Å². The molecule has 2 heterocycles. The fraction of sp³-hybridized carbons (Fsp3) is 0.294. The third kappa shape index (κ3) is 2.75. The summed E-state index contributed by atoms with van der Waals surface area (Å²) < 4.78 is 6.19. The Morgan fingerprint density at radius 2 is 2.00 bits per heavy atom. The molecule has 0 saturated heterocycles. The predicted molar refractivity (Wildman–Crippen MR) is 93.5 cm³/mol. The van der Waals surface area contributed by atoms with Gasteiger partial charge in [-0.05, 0) is 25.0 Å². The zero-order valence-corrected chi connectivity index (χ0v) is 14.1. The van der Waals surface area contributed by atoms with Crippen molar-refractivity contribution in [1.29, 1.82) is 0 Å². The van der Waals surface area contributed by atoms with E-state index in [1.54, 1.807) is 7.11 Å². The lowest BCUT2D eigenvalue weighted by Gasteiger charge is -2.07. The topological polar surface area (TPSA) is 64.1 Å². The molecule has 2 aromatic heterocycles. The van der Waals surface area contributed by atoms with Crippen molar-refractivity contribution in [3.8, 4) is 11.1 Å². The third-order valence-corrected chi connectivity index (χ3v) is 4.80. The van der Waals surface area contributed by atoms with Crippen molar-refractivity contribution >= 4 is 21.6 Å². The highest BCUT2D eigenvalue weighted by Crippen LogP contribution is 2.32. The van der Waals surface area contributed by atoms with Gasteiger partial charge in [-0.2, -0.15) is 0 Å². The maximum Gasteiger partial charge on any atom is 0.329 e. The van der Waals surface area contributed by atoms with Gasteiger partial charge in [-0.15, -0.1) is 11.3 Å². The van der Waals surface area contributed by atoms with E-state index >= 15 is 0 Å². The molecule has 0 aliphatic rings. The molecular formula is C17H18N2O3S. The molecule has 0 fully saturated rings. The average Bonchev–Trinajstić information content (AvgIpc) is 2.90. The summed E-state index contributed by atoms with van der Waals surface area (Å²) in [5.41, 5.74) is 3.51. The van der Waals surface area contributed by atoms with E-state index in [2.05, 4.69) is 11.1 Å². The van der Waals surface area contributed by atoms with Crippen molar-refractivity contribution in [1.82, 2.24) is 9.55 Å². The van der Waals surface area contributed by atoms with Crippen LogP contribution in [0, 0.1) is 13.8 Å². The minimum Gasteiger partial charge on any atom is -0.383 e. The molecule has 0 unspecified atom stereocenters. The fourth-order valence-corrected chi connectivity index (χ4v) is 3.70. The number of nitrogens with zero attached hydrogens (tertiary/aromatic N) is 1. The van der Waals surface area contributed by atoms with Crippen LogP contribution >= 0.6 is 11.3 Å². The van der Waals surface area contributed by atoms with Crippen LogP contribution in [-0.2, 0) is 11.3 Å². The molecule has 6 heteroatoms. The zero-order chi connectivity index (χ0) is 16.6. The maximum absolute atomic E-state index is 12.8. The molecule has 5 nitrogen and oxygen atoms in total. The first-order valence-corrected chi connectivity index (χ1v) is 8.21. The minimum absolute atomic E-state index is 0.239. The third-order valence-electron chi connectivity index (χ3n) is 3.91.